The van der Waals surface area contributed by atoms with E-state index in [4.69, 9.17) is 0 Å². The maximum Gasteiger partial charge on any atom is 0.223 e. The molecule has 0 aliphatic rings. The summed E-state index contributed by atoms with van der Waals surface area (Å²) in [6.45, 7) is 14.0. The zero-order chi connectivity index (χ0) is 16.0. The smallest absolute Gasteiger partial charge is 0.223 e. The van der Waals surface area contributed by atoms with Crippen molar-refractivity contribution in [3.05, 3.63) is 27.7 Å². The second kappa shape index (κ2) is 8.23. The molecule has 1 rings (SSSR count). The van der Waals surface area contributed by atoms with Gasteiger partial charge in [0.1, 0.15) is 0 Å². The zero-order valence-corrected chi connectivity index (χ0v) is 14.1. The third kappa shape index (κ3) is 4.88. The summed E-state index contributed by atoms with van der Waals surface area (Å²) in [7, 11) is 0. The predicted molar refractivity (Wildman–Crippen MR) is 87.8 cm³/mol. The maximum atomic E-state index is 11.9. The number of aromatic hydroxyl groups is 1. The van der Waals surface area contributed by atoms with E-state index in [1.165, 1.54) is 6.07 Å². The molecule has 1 aromatic heterocycles. The summed E-state index contributed by atoms with van der Waals surface area (Å²) in [6.07, 6.45) is 2.14. The lowest BCUT2D eigenvalue weighted by Gasteiger charge is -2.26. The average Bonchev–Trinajstić information content (AvgIpc) is 2.40. The molecule has 1 N–H and O–H groups in total. The van der Waals surface area contributed by atoms with Crippen LogP contribution in [0.2, 0.25) is 0 Å². The summed E-state index contributed by atoms with van der Waals surface area (Å²) in [5, 5.41) is 10.2. The van der Waals surface area contributed by atoms with E-state index in [-0.39, 0.29) is 11.2 Å². The number of hydrogen-bond donors (Lipinski definition) is 1. The van der Waals surface area contributed by atoms with Gasteiger partial charge in [-0.3, -0.25) is 9.69 Å². The van der Waals surface area contributed by atoms with Crippen molar-refractivity contribution < 1.29 is 5.11 Å². The fraction of sp³-hybridized carbons (Fsp3) is 0.706. The van der Waals surface area contributed by atoms with Gasteiger partial charge in [-0.1, -0.05) is 27.7 Å². The zero-order valence-electron chi connectivity index (χ0n) is 14.1. The molecule has 0 saturated carbocycles. The van der Waals surface area contributed by atoms with Crippen molar-refractivity contribution in [3.8, 4) is 5.75 Å². The van der Waals surface area contributed by atoms with E-state index in [1.54, 1.807) is 0 Å². The lowest BCUT2D eigenvalue weighted by Crippen LogP contribution is -2.29. The Labute approximate surface area is 128 Å². The Balaban J connectivity index is 3.20. The van der Waals surface area contributed by atoms with Crippen molar-refractivity contribution in [2.45, 2.75) is 60.5 Å². The predicted octanol–water partition coefficient (Wildman–Crippen LogP) is 3.14. The van der Waals surface area contributed by atoms with Crippen molar-refractivity contribution in [3.63, 3.8) is 0 Å². The van der Waals surface area contributed by atoms with Crippen LogP contribution in [0.5, 0.6) is 5.75 Å². The van der Waals surface area contributed by atoms with Crippen molar-refractivity contribution >= 4 is 0 Å². The van der Waals surface area contributed by atoms with Crippen molar-refractivity contribution in [2.75, 3.05) is 13.1 Å². The number of aryl methyl sites for hydroxylation is 1. The summed E-state index contributed by atoms with van der Waals surface area (Å²) in [5.74, 6) is 0.383. The van der Waals surface area contributed by atoms with E-state index in [9.17, 15) is 9.90 Å². The van der Waals surface area contributed by atoms with Crippen LogP contribution in [0.25, 0.3) is 0 Å². The van der Waals surface area contributed by atoms with Gasteiger partial charge in [0, 0.05) is 24.8 Å². The van der Waals surface area contributed by atoms with Crippen LogP contribution in [0.4, 0.5) is 0 Å². The van der Waals surface area contributed by atoms with Crippen LogP contribution in [0, 0.1) is 12.8 Å². The molecule has 0 unspecified atom stereocenters. The summed E-state index contributed by atoms with van der Waals surface area (Å²) < 4.78 is 2.10. The van der Waals surface area contributed by atoms with Gasteiger partial charge in [-0.2, -0.15) is 0 Å². The van der Waals surface area contributed by atoms with Crippen molar-refractivity contribution in [1.82, 2.24) is 9.47 Å². The monoisotopic (exact) mass is 294 g/mol. The second-order valence-electron chi connectivity index (χ2n) is 6.23. The maximum absolute atomic E-state index is 11.9. The van der Waals surface area contributed by atoms with E-state index in [2.05, 4.69) is 37.2 Å². The number of hydrogen-bond acceptors (Lipinski definition) is 3. The summed E-state index contributed by atoms with van der Waals surface area (Å²) in [4.78, 5) is 14.2. The first-order valence-corrected chi connectivity index (χ1v) is 8.05. The molecule has 0 atom stereocenters. The summed E-state index contributed by atoms with van der Waals surface area (Å²) in [6, 6.07) is 1.53. The molecule has 0 amide bonds. The normalized spacial score (nSPS) is 11.6. The Morgan fingerprint density at radius 2 is 1.81 bits per heavy atom. The number of pyridine rings is 1. The highest BCUT2D eigenvalue weighted by Gasteiger charge is 2.16. The van der Waals surface area contributed by atoms with E-state index in [0.717, 1.165) is 43.9 Å². The van der Waals surface area contributed by atoms with E-state index in [0.29, 0.717) is 12.5 Å². The van der Waals surface area contributed by atoms with E-state index >= 15 is 0 Å². The molecule has 1 heterocycles. The molecule has 21 heavy (non-hydrogen) atoms. The van der Waals surface area contributed by atoms with Gasteiger partial charge in [-0.05, 0) is 38.8 Å². The lowest BCUT2D eigenvalue weighted by molar-refractivity contribution is 0.251. The molecule has 1 aromatic rings. The molecule has 0 spiro atoms. The van der Waals surface area contributed by atoms with Crippen LogP contribution in [0.3, 0.4) is 0 Å². The molecule has 0 aliphatic heterocycles. The van der Waals surface area contributed by atoms with Crippen LogP contribution in [0.1, 0.15) is 51.9 Å². The minimum atomic E-state index is -0.268. The Kier molecular flexibility index (Phi) is 6.96. The highest BCUT2D eigenvalue weighted by atomic mass is 16.3. The first-order valence-electron chi connectivity index (χ1n) is 8.05. The molecule has 0 aliphatic carbocycles. The van der Waals surface area contributed by atoms with E-state index < -0.39 is 0 Å². The second-order valence-corrected chi connectivity index (χ2v) is 6.23. The Bertz CT molecular complexity index is 500. The van der Waals surface area contributed by atoms with Gasteiger partial charge in [-0.15, -0.1) is 0 Å². The average molecular weight is 294 g/mol. The SMILES string of the molecule is CCCN(CCC)Cc1c(O)c(=O)cc(C)n1CC(C)C. The largest absolute Gasteiger partial charge is 0.503 e. The molecular formula is C17H30N2O2. The summed E-state index contributed by atoms with van der Waals surface area (Å²) in [5.41, 5.74) is 1.42. The molecule has 120 valence electrons. The Hall–Kier alpha value is -1.29. The molecule has 4 nitrogen and oxygen atoms in total. The van der Waals surface area contributed by atoms with Gasteiger partial charge in [0.25, 0.3) is 0 Å². The quantitative estimate of drug-likeness (QED) is 0.801. The fourth-order valence-electron chi connectivity index (χ4n) is 2.71. The number of rotatable bonds is 8. The molecule has 0 aromatic carbocycles. The van der Waals surface area contributed by atoms with Gasteiger partial charge in [0.2, 0.25) is 5.43 Å². The van der Waals surface area contributed by atoms with Crippen LogP contribution in [0.15, 0.2) is 10.9 Å². The van der Waals surface area contributed by atoms with E-state index in [1.807, 2.05) is 6.92 Å². The van der Waals surface area contributed by atoms with Crippen LogP contribution in [-0.4, -0.2) is 27.7 Å². The Morgan fingerprint density at radius 3 is 2.29 bits per heavy atom. The lowest BCUT2D eigenvalue weighted by atomic mass is 10.1. The first kappa shape index (κ1) is 17.8. The molecule has 0 bridgehead atoms. The van der Waals surface area contributed by atoms with Crippen LogP contribution < -0.4 is 5.43 Å². The molecule has 0 saturated heterocycles. The minimum absolute atomic E-state index is 0.0848. The fourth-order valence-corrected chi connectivity index (χ4v) is 2.71. The molecular weight excluding hydrogens is 264 g/mol. The Morgan fingerprint density at radius 1 is 1.24 bits per heavy atom. The van der Waals surface area contributed by atoms with Crippen LogP contribution >= 0.6 is 0 Å². The van der Waals surface area contributed by atoms with Gasteiger partial charge >= 0.3 is 0 Å². The van der Waals surface area contributed by atoms with Crippen molar-refractivity contribution in [2.24, 2.45) is 5.92 Å². The van der Waals surface area contributed by atoms with Crippen molar-refractivity contribution in [1.29, 1.82) is 0 Å². The standard InChI is InChI=1S/C17H30N2O2/c1-6-8-18(9-7-2)12-15-17(21)16(20)10-14(5)19(15)11-13(3)4/h10,13,21H,6-9,11-12H2,1-5H3. The highest BCUT2D eigenvalue weighted by molar-refractivity contribution is 5.29. The molecule has 0 radical (unpaired) electrons. The van der Waals surface area contributed by atoms with Gasteiger partial charge in [-0.25, -0.2) is 0 Å². The minimum Gasteiger partial charge on any atom is -0.503 e. The van der Waals surface area contributed by atoms with Gasteiger partial charge in [0.05, 0.1) is 5.69 Å². The summed E-state index contributed by atoms with van der Waals surface area (Å²) >= 11 is 0. The molecule has 0 fully saturated rings. The van der Waals surface area contributed by atoms with Gasteiger partial charge < -0.3 is 9.67 Å². The number of aromatic nitrogens is 1. The number of nitrogens with zero attached hydrogens (tertiary/aromatic N) is 2. The highest BCUT2D eigenvalue weighted by Crippen LogP contribution is 2.19. The first-order chi connectivity index (χ1) is 9.90. The third-order valence-corrected chi connectivity index (χ3v) is 3.60. The molecule has 4 heteroatoms. The third-order valence-electron chi connectivity index (χ3n) is 3.60. The topological polar surface area (TPSA) is 45.5 Å². The van der Waals surface area contributed by atoms with Crippen LogP contribution in [-0.2, 0) is 13.1 Å². The van der Waals surface area contributed by atoms with Gasteiger partial charge in [0.15, 0.2) is 5.75 Å².